The van der Waals surface area contributed by atoms with Gasteiger partial charge in [0.05, 0.1) is 5.69 Å². The van der Waals surface area contributed by atoms with Gasteiger partial charge in [0, 0.05) is 12.5 Å². The van der Waals surface area contributed by atoms with Crippen molar-refractivity contribution >= 4 is 17.9 Å². The Labute approximate surface area is 76.8 Å². The molecular weight excluding hydrogens is 166 g/mol. The maximum atomic E-state index is 10.8. The van der Waals surface area contributed by atoms with Crippen LogP contribution in [0.2, 0.25) is 0 Å². The van der Waals surface area contributed by atoms with Crippen LogP contribution in [0.15, 0.2) is 18.2 Å². The third-order valence-corrected chi connectivity index (χ3v) is 1.65. The number of nitrogens with one attached hydrogen (secondary N) is 1. The number of hydrogen-bond acceptors (Lipinski definition) is 2. The average Bonchev–Trinajstić information content (AvgIpc) is 2.03. The Hall–Kier alpha value is -1.64. The molecule has 1 rings (SSSR count). The summed E-state index contributed by atoms with van der Waals surface area (Å²) in [6.45, 7) is 3.32. The maximum Gasteiger partial charge on any atom is 0.221 e. The maximum absolute atomic E-state index is 10.8. The third-order valence-electron chi connectivity index (χ3n) is 1.65. The minimum Gasteiger partial charge on any atom is -0.326 e. The van der Waals surface area contributed by atoms with Crippen molar-refractivity contribution in [2.75, 3.05) is 5.32 Å². The first-order valence-electron chi connectivity index (χ1n) is 3.97. The van der Waals surface area contributed by atoms with Crippen LogP contribution in [0.4, 0.5) is 5.69 Å². The van der Waals surface area contributed by atoms with E-state index in [1.54, 1.807) is 12.1 Å². The lowest BCUT2D eigenvalue weighted by molar-refractivity contribution is -0.114. The van der Waals surface area contributed by atoms with Gasteiger partial charge in [-0.3, -0.25) is 9.59 Å². The van der Waals surface area contributed by atoms with Crippen molar-refractivity contribution in [3.63, 3.8) is 0 Å². The van der Waals surface area contributed by atoms with Gasteiger partial charge in [0.2, 0.25) is 5.91 Å². The summed E-state index contributed by atoms with van der Waals surface area (Å²) in [5, 5.41) is 2.59. The number of anilines is 1. The number of rotatable bonds is 2. The van der Waals surface area contributed by atoms with Gasteiger partial charge < -0.3 is 5.32 Å². The first-order valence-corrected chi connectivity index (χ1v) is 3.97. The highest BCUT2D eigenvalue weighted by molar-refractivity contribution is 5.95. The summed E-state index contributed by atoms with van der Waals surface area (Å²) in [6, 6.07) is 5.29. The molecule has 0 heterocycles. The van der Waals surface area contributed by atoms with Crippen molar-refractivity contribution in [1.29, 1.82) is 0 Å². The SMILES string of the molecule is CC(=O)Nc1cc(C)ccc1C=O. The standard InChI is InChI=1S/C10H11NO2/c1-7-3-4-9(6-12)10(5-7)11-8(2)13/h3-6H,1-2H3,(H,11,13). The molecule has 0 aliphatic rings. The van der Waals surface area contributed by atoms with Crippen molar-refractivity contribution in [2.45, 2.75) is 13.8 Å². The number of amides is 1. The van der Waals surface area contributed by atoms with Crippen LogP contribution in [-0.4, -0.2) is 12.2 Å². The van der Waals surface area contributed by atoms with Crippen molar-refractivity contribution in [2.24, 2.45) is 0 Å². The Morgan fingerprint density at radius 1 is 1.46 bits per heavy atom. The number of aryl methyl sites for hydroxylation is 1. The molecule has 13 heavy (non-hydrogen) atoms. The van der Waals surface area contributed by atoms with Gasteiger partial charge in [0.1, 0.15) is 0 Å². The predicted octanol–water partition coefficient (Wildman–Crippen LogP) is 1.77. The zero-order chi connectivity index (χ0) is 9.84. The second-order valence-electron chi connectivity index (χ2n) is 2.89. The third kappa shape index (κ3) is 2.40. The molecule has 1 aromatic carbocycles. The van der Waals surface area contributed by atoms with E-state index in [0.29, 0.717) is 11.3 Å². The Balaban J connectivity index is 3.07. The van der Waals surface area contributed by atoms with Crippen LogP contribution in [0.3, 0.4) is 0 Å². The van der Waals surface area contributed by atoms with Crippen LogP contribution < -0.4 is 5.32 Å². The van der Waals surface area contributed by atoms with E-state index < -0.39 is 0 Å². The summed E-state index contributed by atoms with van der Waals surface area (Å²) in [7, 11) is 0. The van der Waals surface area contributed by atoms with Gasteiger partial charge in [-0.2, -0.15) is 0 Å². The van der Waals surface area contributed by atoms with Crippen LogP contribution in [0.5, 0.6) is 0 Å². The van der Waals surface area contributed by atoms with Gasteiger partial charge in [-0.25, -0.2) is 0 Å². The number of hydrogen-bond donors (Lipinski definition) is 1. The lowest BCUT2D eigenvalue weighted by Gasteiger charge is -2.05. The van der Waals surface area contributed by atoms with Crippen LogP contribution in [-0.2, 0) is 4.79 Å². The molecule has 0 spiro atoms. The minimum atomic E-state index is -0.172. The second kappa shape index (κ2) is 3.85. The van der Waals surface area contributed by atoms with E-state index in [2.05, 4.69) is 5.32 Å². The Kier molecular flexibility index (Phi) is 2.80. The normalized spacial score (nSPS) is 9.38. The molecule has 0 atom stereocenters. The summed E-state index contributed by atoms with van der Waals surface area (Å²) in [6.07, 6.45) is 0.727. The fourth-order valence-electron chi connectivity index (χ4n) is 1.07. The fourth-order valence-corrected chi connectivity index (χ4v) is 1.07. The van der Waals surface area contributed by atoms with Gasteiger partial charge in [-0.15, -0.1) is 0 Å². The van der Waals surface area contributed by atoms with Gasteiger partial charge in [0.15, 0.2) is 6.29 Å². The monoisotopic (exact) mass is 177 g/mol. The van der Waals surface area contributed by atoms with Crippen LogP contribution in [0.25, 0.3) is 0 Å². The fraction of sp³-hybridized carbons (Fsp3) is 0.200. The van der Waals surface area contributed by atoms with Gasteiger partial charge in [0.25, 0.3) is 0 Å². The highest BCUT2D eigenvalue weighted by Gasteiger charge is 2.02. The van der Waals surface area contributed by atoms with Crippen LogP contribution in [0.1, 0.15) is 22.8 Å². The quantitative estimate of drug-likeness (QED) is 0.700. The molecule has 3 nitrogen and oxygen atoms in total. The molecule has 0 unspecified atom stereocenters. The molecule has 0 fully saturated rings. The summed E-state index contributed by atoms with van der Waals surface area (Å²) in [5.41, 5.74) is 2.08. The number of carbonyl (C=O) groups is 2. The summed E-state index contributed by atoms with van der Waals surface area (Å²) >= 11 is 0. The predicted molar refractivity (Wildman–Crippen MR) is 50.9 cm³/mol. The second-order valence-corrected chi connectivity index (χ2v) is 2.89. The summed E-state index contributed by atoms with van der Waals surface area (Å²) in [5.74, 6) is -0.172. The molecule has 0 radical (unpaired) electrons. The molecule has 0 saturated carbocycles. The average molecular weight is 177 g/mol. The first kappa shape index (κ1) is 9.45. The molecule has 3 heteroatoms. The molecule has 1 N–H and O–H groups in total. The van der Waals surface area contributed by atoms with Gasteiger partial charge in [-0.1, -0.05) is 6.07 Å². The molecular formula is C10H11NO2. The molecule has 68 valence electrons. The summed E-state index contributed by atoms with van der Waals surface area (Å²) < 4.78 is 0. The molecule has 0 saturated heterocycles. The van der Waals surface area contributed by atoms with Gasteiger partial charge >= 0.3 is 0 Å². The van der Waals surface area contributed by atoms with E-state index >= 15 is 0 Å². The van der Waals surface area contributed by atoms with Crippen molar-refractivity contribution < 1.29 is 9.59 Å². The number of carbonyl (C=O) groups excluding carboxylic acids is 2. The smallest absolute Gasteiger partial charge is 0.221 e. The van der Waals surface area contributed by atoms with E-state index in [-0.39, 0.29) is 5.91 Å². The topological polar surface area (TPSA) is 46.2 Å². The zero-order valence-corrected chi connectivity index (χ0v) is 7.63. The number of benzene rings is 1. The van der Waals surface area contributed by atoms with E-state index in [1.165, 1.54) is 6.92 Å². The van der Waals surface area contributed by atoms with Gasteiger partial charge in [-0.05, 0) is 24.6 Å². The molecule has 0 bridgehead atoms. The largest absolute Gasteiger partial charge is 0.326 e. The van der Waals surface area contributed by atoms with Crippen LogP contribution >= 0.6 is 0 Å². The van der Waals surface area contributed by atoms with Crippen molar-refractivity contribution in [3.05, 3.63) is 29.3 Å². The van der Waals surface area contributed by atoms with Crippen LogP contribution in [0, 0.1) is 6.92 Å². The van der Waals surface area contributed by atoms with Crippen molar-refractivity contribution in [3.8, 4) is 0 Å². The van der Waals surface area contributed by atoms with E-state index in [0.717, 1.165) is 11.8 Å². The lowest BCUT2D eigenvalue weighted by Crippen LogP contribution is -2.08. The van der Waals surface area contributed by atoms with E-state index in [4.69, 9.17) is 0 Å². The molecule has 0 aromatic heterocycles. The van der Waals surface area contributed by atoms with E-state index in [9.17, 15) is 9.59 Å². The highest BCUT2D eigenvalue weighted by Crippen LogP contribution is 2.15. The zero-order valence-electron chi connectivity index (χ0n) is 7.63. The molecule has 0 aliphatic heterocycles. The Morgan fingerprint density at radius 3 is 2.69 bits per heavy atom. The van der Waals surface area contributed by atoms with Crippen molar-refractivity contribution in [1.82, 2.24) is 0 Å². The lowest BCUT2D eigenvalue weighted by atomic mass is 10.1. The highest BCUT2D eigenvalue weighted by atomic mass is 16.1. The minimum absolute atomic E-state index is 0.172. The molecule has 0 aliphatic carbocycles. The van der Waals surface area contributed by atoms with E-state index in [1.807, 2.05) is 13.0 Å². The Morgan fingerprint density at radius 2 is 2.15 bits per heavy atom. The Bertz CT molecular complexity index is 345. The first-order chi connectivity index (χ1) is 6.13. The molecule has 1 aromatic rings. The summed E-state index contributed by atoms with van der Waals surface area (Å²) in [4.78, 5) is 21.3. The number of aldehydes is 1. The molecule has 1 amide bonds.